The summed E-state index contributed by atoms with van der Waals surface area (Å²) >= 11 is 0. The number of carbonyl (C=O) groups excluding carboxylic acids is 1. The van der Waals surface area contributed by atoms with Gasteiger partial charge in [0.05, 0.1) is 26.4 Å². The van der Waals surface area contributed by atoms with E-state index >= 15 is 0 Å². The van der Waals surface area contributed by atoms with Gasteiger partial charge in [0.15, 0.2) is 11.5 Å². The van der Waals surface area contributed by atoms with Crippen molar-refractivity contribution in [3.63, 3.8) is 0 Å². The lowest BCUT2D eigenvalue weighted by Gasteiger charge is -2.28. The second kappa shape index (κ2) is 10.7. The minimum absolute atomic E-state index is 0.170. The molecule has 0 aliphatic carbocycles. The van der Waals surface area contributed by atoms with Gasteiger partial charge >= 0.3 is 0 Å². The predicted molar refractivity (Wildman–Crippen MR) is 112 cm³/mol. The molecule has 29 heavy (non-hydrogen) atoms. The van der Waals surface area contributed by atoms with Crippen molar-refractivity contribution in [2.45, 2.75) is 20.3 Å². The summed E-state index contributed by atoms with van der Waals surface area (Å²) in [5, 5.41) is 2.95. The fourth-order valence-electron chi connectivity index (χ4n) is 3.22. The molecule has 0 unspecified atom stereocenters. The van der Waals surface area contributed by atoms with Gasteiger partial charge in [0, 0.05) is 31.5 Å². The van der Waals surface area contributed by atoms with Crippen molar-refractivity contribution in [3.05, 3.63) is 47.8 Å². The molecule has 0 radical (unpaired) electrons. The van der Waals surface area contributed by atoms with Crippen molar-refractivity contribution >= 4 is 11.6 Å². The number of amides is 1. The zero-order valence-electron chi connectivity index (χ0n) is 17.1. The predicted octanol–water partition coefficient (Wildman–Crippen LogP) is 2.69. The number of ether oxygens (including phenoxy) is 3. The minimum Gasteiger partial charge on any atom is -0.490 e. The molecule has 1 aromatic heterocycles. The van der Waals surface area contributed by atoms with E-state index in [1.54, 1.807) is 6.20 Å². The van der Waals surface area contributed by atoms with Gasteiger partial charge in [-0.3, -0.25) is 9.78 Å². The van der Waals surface area contributed by atoms with Crippen molar-refractivity contribution in [1.29, 1.82) is 0 Å². The fourth-order valence-corrected chi connectivity index (χ4v) is 3.22. The van der Waals surface area contributed by atoms with Crippen molar-refractivity contribution in [3.8, 4) is 11.5 Å². The molecule has 1 aliphatic heterocycles. The molecule has 2 aromatic rings. The van der Waals surface area contributed by atoms with E-state index in [2.05, 4.69) is 15.2 Å². The van der Waals surface area contributed by atoms with Crippen LogP contribution in [0.3, 0.4) is 0 Å². The molecular formula is C22H29N3O4. The average Bonchev–Trinajstić information content (AvgIpc) is 2.76. The molecule has 0 spiro atoms. The molecular weight excluding hydrogens is 370 g/mol. The third kappa shape index (κ3) is 5.84. The van der Waals surface area contributed by atoms with Gasteiger partial charge in [0.2, 0.25) is 0 Å². The number of benzene rings is 1. The highest BCUT2D eigenvalue weighted by Gasteiger charge is 2.14. The lowest BCUT2D eigenvalue weighted by Crippen LogP contribution is -2.36. The Hall–Kier alpha value is -2.80. The van der Waals surface area contributed by atoms with Gasteiger partial charge in [-0.1, -0.05) is 6.07 Å². The molecule has 1 saturated heterocycles. The summed E-state index contributed by atoms with van der Waals surface area (Å²) in [6, 6.07) is 9.65. The minimum atomic E-state index is -0.170. The summed E-state index contributed by atoms with van der Waals surface area (Å²) in [6.45, 7) is 8.63. The van der Waals surface area contributed by atoms with E-state index in [1.165, 1.54) is 0 Å². The Bertz CT molecular complexity index is 806. The lowest BCUT2D eigenvalue weighted by atomic mass is 10.1. The molecule has 1 N–H and O–H groups in total. The molecule has 1 aromatic carbocycles. The Kier molecular flexibility index (Phi) is 7.69. The summed E-state index contributed by atoms with van der Waals surface area (Å²) in [4.78, 5) is 18.9. The van der Waals surface area contributed by atoms with Crippen LogP contribution in [0.15, 0.2) is 36.5 Å². The molecule has 3 rings (SSSR count). The summed E-state index contributed by atoms with van der Waals surface area (Å²) in [7, 11) is 0. The molecule has 156 valence electrons. The van der Waals surface area contributed by atoms with Gasteiger partial charge in [-0.15, -0.1) is 0 Å². The van der Waals surface area contributed by atoms with E-state index in [1.807, 2.05) is 44.2 Å². The first-order valence-electron chi connectivity index (χ1n) is 10.2. The lowest BCUT2D eigenvalue weighted by molar-refractivity contribution is 0.0949. The Labute approximate surface area is 172 Å². The second-order valence-corrected chi connectivity index (χ2v) is 6.65. The van der Waals surface area contributed by atoms with Crippen LogP contribution in [0.4, 0.5) is 5.69 Å². The summed E-state index contributed by atoms with van der Waals surface area (Å²) < 4.78 is 16.6. The van der Waals surface area contributed by atoms with Gasteiger partial charge in [-0.2, -0.15) is 0 Å². The average molecular weight is 399 g/mol. The summed E-state index contributed by atoms with van der Waals surface area (Å²) in [6.07, 6.45) is 2.38. The van der Waals surface area contributed by atoms with Crippen molar-refractivity contribution in [2.24, 2.45) is 0 Å². The molecule has 1 aliphatic rings. The number of aromatic nitrogens is 1. The Balaban J connectivity index is 1.56. The maximum absolute atomic E-state index is 12.5. The largest absolute Gasteiger partial charge is 0.490 e. The van der Waals surface area contributed by atoms with E-state index in [0.717, 1.165) is 35.8 Å². The van der Waals surface area contributed by atoms with Gasteiger partial charge in [-0.25, -0.2) is 0 Å². The van der Waals surface area contributed by atoms with Crippen molar-refractivity contribution < 1.29 is 19.0 Å². The van der Waals surface area contributed by atoms with Crippen LogP contribution in [0.25, 0.3) is 0 Å². The number of hydrogen-bond donors (Lipinski definition) is 1. The molecule has 1 amide bonds. The number of morpholine rings is 1. The Morgan fingerprint density at radius 3 is 2.62 bits per heavy atom. The van der Waals surface area contributed by atoms with Gasteiger partial charge in [0.25, 0.3) is 5.91 Å². The second-order valence-electron chi connectivity index (χ2n) is 6.65. The molecule has 0 atom stereocenters. The van der Waals surface area contributed by atoms with E-state index in [0.29, 0.717) is 45.1 Å². The Morgan fingerprint density at radius 1 is 1.10 bits per heavy atom. The van der Waals surface area contributed by atoms with Crippen molar-refractivity contribution in [1.82, 2.24) is 10.3 Å². The topological polar surface area (TPSA) is 72.9 Å². The zero-order valence-corrected chi connectivity index (χ0v) is 17.1. The number of pyridine rings is 1. The van der Waals surface area contributed by atoms with Crippen LogP contribution in [0, 0.1) is 0 Å². The number of carbonyl (C=O) groups is 1. The van der Waals surface area contributed by atoms with E-state index in [-0.39, 0.29) is 5.91 Å². The molecule has 7 nitrogen and oxygen atoms in total. The van der Waals surface area contributed by atoms with Gasteiger partial charge in [-0.05, 0) is 50.1 Å². The first-order valence-corrected chi connectivity index (χ1v) is 10.2. The smallest absolute Gasteiger partial charge is 0.269 e. The van der Waals surface area contributed by atoms with Crippen LogP contribution in [0.1, 0.15) is 29.9 Å². The molecule has 0 bridgehead atoms. The van der Waals surface area contributed by atoms with Gasteiger partial charge in [0.1, 0.15) is 5.69 Å². The Morgan fingerprint density at radius 2 is 1.86 bits per heavy atom. The summed E-state index contributed by atoms with van der Waals surface area (Å²) in [5.74, 6) is 1.31. The van der Waals surface area contributed by atoms with Crippen LogP contribution in [0.5, 0.6) is 11.5 Å². The standard InChI is InChI=1S/C22H29N3O4/c1-3-28-20-6-5-17(15-21(20)29-4-2)7-9-24-22(26)19-16-18(8-10-23-19)25-11-13-27-14-12-25/h5-6,8,10,15-16H,3-4,7,9,11-14H2,1-2H3,(H,24,26). The SMILES string of the molecule is CCOc1ccc(CCNC(=O)c2cc(N3CCOCC3)ccn2)cc1OCC. The number of rotatable bonds is 9. The quantitative estimate of drug-likeness (QED) is 0.699. The van der Waals surface area contributed by atoms with E-state index in [9.17, 15) is 4.79 Å². The monoisotopic (exact) mass is 399 g/mol. The normalized spacial score (nSPS) is 13.8. The molecule has 1 fully saturated rings. The summed E-state index contributed by atoms with van der Waals surface area (Å²) in [5.41, 5.74) is 2.50. The first kappa shape index (κ1) is 20.9. The van der Waals surface area contributed by atoms with Crippen molar-refractivity contribution in [2.75, 3.05) is 51.0 Å². The number of nitrogens with one attached hydrogen (secondary N) is 1. The number of nitrogens with zero attached hydrogens (tertiary/aromatic N) is 2. The maximum Gasteiger partial charge on any atom is 0.269 e. The van der Waals surface area contributed by atoms with Crippen LogP contribution in [-0.4, -0.2) is 57.0 Å². The number of anilines is 1. The highest BCUT2D eigenvalue weighted by Crippen LogP contribution is 2.28. The maximum atomic E-state index is 12.5. The third-order valence-corrected chi connectivity index (χ3v) is 4.66. The van der Waals surface area contributed by atoms with E-state index in [4.69, 9.17) is 14.2 Å². The molecule has 2 heterocycles. The molecule has 0 saturated carbocycles. The zero-order chi connectivity index (χ0) is 20.5. The van der Waals surface area contributed by atoms with Crippen LogP contribution < -0.4 is 19.7 Å². The van der Waals surface area contributed by atoms with Crippen LogP contribution in [-0.2, 0) is 11.2 Å². The van der Waals surface area contributed by atoms with Crippen LogP contribution >= 0.6 is 0 Å². The fraction of sp³-hybridized carbons (Fsp3) is 0.455. The highest BCUT2D eigenvalue weighted by molar-refractivity contribution is 5.93. The molecule has 7 heteroatoms. The van der Waals surface area contributed by atoms with Crippen LogP contribution in [0.2, 0.25) is 0 Å². The highest BCUT2D eigenvalue weighted by atomic mass is 16.5. The third-order valence-electron chi connectivity index (χ3n) is 4.66. The van der Waals surface area contributed by atoms with E-state index < -0.39 is 0 Å². The first-order chi connectivity index (χ1) is 14.2. The number of hydrogen-bond acceptors (Lipinski definition) is 6. The van der Waals surface area contributed by atoms with Gasteiger partial charge < -0.3 is 24.4 Å².